The summed E-state index contributed by atoms with van der Waals surface area (Å²) in [5.74, 6) is 0.0975. The van der Waals surface area contributed by atoms with Crippen molar-refractivity contribution in [3.05, 3.63) is 29.3 Å². The second-order valence-electron chi connectivity index (χ2n) is 6.43. The first-order valence-electron chi connectivity index (χ1n) is 9.22. The fraction of sp³-hybridized carbons (Fsp3) is 0.600. The van der Waals surface area contributed by atoms with Crippen molar-refractivity contribution in [2.45, 2.75) is 76.0 Å². The van der Waals surface area contributed by atoms with E-state index in [1.807, 2.05) is 12.1 Å². The first kappa shape index (κ1) is 21.2. The van der Waals surface area contributed by atoms with Crippen molar-refractivity contribution < 1.29 is 8.42 Å². The van der Waals surface area contributed by atoms with Gasteiger partial charge in [-0.2, -0.15) is 10.5 Å². The number of rotatable bonds is 12. The van der Waals surface area contributed by atoms with Crippen LogP contribution in [-0.2, 0) is 9.84 Å². The maximum Gasteiger partial charge on any atom is 0.178 e. The van der Waals surface area contributed by atoms with Gasteiger partial charge >= 0.3 is 0 Å². The summed E-state index contributed by atoms with van der Waals surface area (Å²) < 4.78 is 24.7. The molecule has 0 N–H and O–H groups in total. The Bertz CT molecular complexity index is 712. The summed E-state index contributed by atoms with van der Waals surface area (Å²) >= 11 is 0. The summed E-state index contributed by atoms with van der Waals surface area (Å²) in [5, 5.41) is 17.9. The number of benzene rings is 1. The lowest BCUT2D eigenvalue weighted by Crippen LogP contribution is -2.07. The third-order valence-corrected chi connectivity index (χ3v) is 6.16. The van der Waals surface area contributed by atoms with Crippen LogP contribution in [0.5, 0.6) is 0 Å². The Kier molecular flexibility index (Phi) is 9.88. The lowest BCUT2D eigenvalue weighted by Gasteiger charge is -2.06. The van der Waals surface area contributed by atoms with Gasteiger partial charge in [-0.25, -0.2) is 8.42 Å². The fourth-order valence-electron chi connectivity index (χ4n) is 2.80. The topological polar surface area (TPSA) is 81.7 Å². The lowest BCUT2D eigenvalue weighted by atomic mass is 10.1. The zero-order valence-electron chi connectivity index (χ0n) is 15.1. The summed E-state index contributed by atoms with van der Waals surface area (Å²) in [4.78, 5) is 0.138. The van der Waals surface area contributed by atoms with Crippen LogP contribution in [0.4, 0.5) is 0 Å². The van der Waals surface area contributed by atoms with Crippen molar-refractivity contribution in [2.75, 3.05) is 5.75 Å². The van der Waals surface area contributed by atoms with E-state index >= 15 is 0 Å². The van der Waals surface area contributed by atoms with Crippen molar-refractivity contribution in [3.63, 3.8) is 0 Å². The molecule has 0 spiro atoms. The Morgan fingerprint density at radius 1 is 0.800 bits per heavy atom. The van der Waals surface area contributed by atoms with E-state index < -0.39 is 9.84 Å². The SMILES string of the molecule is CCCCCCCCCCCCS(=O)(=O)c1ccc(C#N)c(C#N)c1. The quantitative estimate of drug-likeness (QED) is 0.484. The molecule has 1 aromatic rings. The van der Waals surface area contributed by atoms with Crippen LogP contribution in [0.25, 0.3) is 0 Å². The maximum absolute atomic E-state index is 12.3. The van der Waals surface area contributed by atoms with Crippen LogP contribution in [0.15, 0.2) is 23.1 Å². The zero-order valence-corrected chi connectivity index (χ0v) is 15.9. The molecule has 0 saturated carbocycles. The van der Waals surface area contributed by atoms with Crippen molar-refractivity contribution in [1.82, 2.24) is 0 Å². The van der Waals surface area contributed by atoms with Gasteiger partial charge < -0.3 is 0 Å². The highest BCUT2D eigenvalue weighted by molar-refractivity contribution is 7.91. The van der Waals surface area contributed by atoms with E-state index in [9.17, 15) is 8.42 Å². The Balaban J connectivity index is 2.33. The minimum atomic E-state index is -3.39. The Morgan fingerprint density at radius 3 is 1.84 bits per heavy atom. The highest BCUT2D eigenvalue weighted by atomic mass is 32.2. The van der Waals surface area contributed by atoms with Gasteiger partial charge in [-0.3, -0.25) is 0 Å². The van der Waals surface area contributed by atoms with Gasteiger partial charge in [0.1, 0.15) is 12.1 Å². The van der Waals surface area contributed by atoms with Gasteiger partial charge in [-0.15, -0.1) is 0 Å². The van der Waals surface area contributed by atoms with Crippen LogP contribution in [0, 0.1) is 22.7 Å². The summed E-state index contributed by atoms with van der Waals surface area (Å²) in [6, 6.07) is 7.91. The summed E-state index contributed by atoms with van der Waals surface area (Å²) in [6.45, 7) is 2.22. The molecule has 0 unspecified atom stereocenters. The molecule has 136 valence electrons. The van der Waals surface area contributed by atoms with E-state index in [4.69, 9.17) is 10.5 Å². The van der Waals surface area contributed by atoms with Crippen molar-refractivity contribution in [1.29, 1.82) is 10.5 Å². The number of nitriles is 2. The monoisotopic (exact) mass is 360 g/mol. The van der Waals surface area contributed by atoms with Gasteiger partial charge in [0.2, 0.25) is 0 Å². The van der Waals surface area contributed by atoms with Crippen molar-refractivity contribution in [3.8, 4) is 12.1 Å². The number of sulfone groups is 1. The average molecular weight is 361 g/mol. The van der Waals surface area contributed by atoms with Crippen LogP contribution >= 0.6 is 0 Å². The second-order valence-corrected chi connectivity index (χ2v) is 8.54. The van der Waals surface area contributed by atoms with Gasteiger partial charge in [0.25, 0.3) is 0 Å². The molecule has 0 aliphatic rings. The molecule has 0 atom stereocenters. The molecule has 25 heavy (non-hydrogen) atoms. The number of hydrogen-bond donors (Lipinski definition) is 0. The highest BCUT2D eigenvalue weighted by Crippen LogP contribution is 2.18. The minimum Gasteiger partial charge on any atom is -0.224 e. The molecule has 5 heteroatoms. The predicted octanol–water partition coefficient (Wildman–Crippen LogP) is 5.12. The smallest absolute Gasteiger partial charge is 0.178 e. The first-order chi connectivity index (χ1) is 12.0. The molecule has 0 heterocycles. The molecule has 1 rings (SSSR count). The summed E-state index contributed by atoms with van der Waals surface area (Å²) in [7, 11) is -3.39. The Labute approximate surface area is 152 Å². The van der Waals surface area contributed by atoms with Crippen molar-refractivity contribution in [2.24, 2.45) is 0 Å². The third-order valence-electron chi connectivity index (χ3n) is 4.36. The first-order valence-corrected chi connectivity index (χ1v) is 10.9. The van der Waals surface area contributed by atoms with E-state index in [1.54, 1.807) is 0 Å². The van der Waals surface area contributed by atoms with E-state index in [2.05, 4.69) is 6.92 Å². The molecular formula is C20H28N2O2S. The van der Waals surface area contributed by atoms with E-state index in [0.29, 0.717) is 6.42 Å². The molecule has 0 fully saturated rings. The maximum atomic E-state index is 12.3. The Hall–Kier alpha value is -1.85. The van der Waals surface area contributed by atoms with Gasteiger partial charge in [0.05, 0.1) is 21.8 Å². The molecule has 0 bridgehead atoms. The molecular weight excluding hydrogens is 332 g/mol. The highest BCUT2D eigenvalue weighted by Gasteiger charge is 2.16. The van der Waals surface area contributed by atoms with Gasteiger partial charge in [0, 0.05) is 0 Å². The fourth-order valence-corrected chi connectivity index (χ4v) is 4.20. The molecule has 0 aromatic heterocycles. The number of hydrogen-bond acceptors (Lipinski definition) is 4. The van der Waals surface area contributed by atoms with E-state index in [-0.39, 0.29) is 21.8 Å². The molecule has 0 aliphatic heterocycles. The predicted molar refractivity (Wildman–Crippen MR) is 99.8 cm³/mol. The van der Waals surface area contributed by atoms with Crippen LogP contribution in [0.2, 0.25) is 0 Å². The summed E-state index contributed by atoms with van der Waals surface area (Å²) in [5.41, 5.74) is 0.326. The van der Waals surface area contributed by atoms with Gasteiger partial charge in [0.15, 0.2) is 9.84 Å². The van der Waals surface area contributed by atoms with Crippen molar-refractivity contribution >= 4 is 9.84 Å². The largest absolute Gasteiger partial charge is 0.224 e. The molecule has 0 saturated heterocycles. The third kappa shape index (κ3) is 7.71. The number of unbranched alkanes of at least 4 members (excludes halogenated alkanes) is 9. The van der Waals surface area contributed by atoms with E-state index in [0.717, 1.165) is 12.8 Å². The molecule has 4 nitrogen and oxygen atoms in total. The summed E-state index contributed by atoms with van der Waals surface area (Å²) in [6.07, 6.45) is 11.5. The molecule has 1 aromatic carbocycles. The second kappa shape index (κ2) is 11.7. The van der Waals surface area contributed by atoms with Crippen LogP contribution < -0.4 is 0 Å². The van der Waals surface area contributed by atoms with Crippen LogP contribution in [0.3, 0.4) is 0 Å². The van der Waals surface area contributed by atoms with Crippen LogP contribution in [0.1, 0.15) is 82.3 Å². The average Bonchev–Trinajstić information content (AvgIpc) is 2.62. The zero-order chi connectivity index (χ0) is 18.5. The molecule has 0 aliphatic carbocycles. The number of nitrogens with zero attached hydrogens (tertiary/aromatic N) is 2. The lowest BCUT2D eigenvalue weighted by molar-refractivity contribution is 0.558. The van der Waals surface area contributed by atoms with Gasteiger partial charge in [-0.1, -0.05) is 64.7 Å². The molecule has 0 radical (unpaired) electrons. The van der Waals surface area contributed by atoms with Gasteiger partial charge in [-0.05, 0) is 24.6 Å². The Morgan fingerprint density at radius 2 is 1.32 bits per heavy atom. The normalized spacial score (nSPS) is 11.0. The van der Waals surface area contributed by atoms with Crippen LogP contribution in [-0.4, -0.2) is 14.2 Å². The standard InChI is InChI=1S/C20H28N2O2S/c1-2-3-4-5-6-7-8-9-10-11-14-25(23,24)20-13-12-18(16-21)19(15-20)17-22/h12-13,15H,2-11,14H2,1H3. The minimum absolute atomic E-state index is 0.0975. The van der Waals surface area contributed by atoms with E-state index in [1.165, 1.54) is 63.1 Å². The molecule has 0 amide bonds.